The molecule has 1 heterocycles. The summed E-state index contributed by atoms with van der Waals surface area (Å²) in [5.74, 6) is -0.948. The number of carboxylic acids is 1. The third-order valence-corrected chi connectivity index (χ3v) is 3.41. The van der Waals surface area contributed by atoms with Crippen LogP contribution in [0, 0.1) is 6.92 Å². The molecule has 0 aliphatic rings. The van der Waals surface area contributed by atoms with E-state index in [1.54, 1.807) is 6.20 Å². The van der Waals surface area contributed by atoms with Crippen LogP contribution in [-0.2, 0) is 11.2 Å². The molecule has 5 heteroatoms. The van der Waals surface area contributed by atoms with E-state index in [1.807, 2.05) is 27.9 Å². The molecule has 0 saturated carbocycles. The van der Waals surface area contributed by atoms with Crippen molar-refractivity contribution in [1.82, 2.24) is 9.47 Å². The first-order chi connectivity index (χ1) is 9.36. The van der Waals surface area contributed by atoms with Crippen molar-refractivity contribution in [3.05, 3.63) is 33.7 Å². The van der Waals surface area contributed by atoms with Crippen LogP contribution in [-0.4, -0.2) is 41.2 Å². The van der Waals surface area contributed by atoms with Crippen LogP contribution < -0.4 is 5.56 Å². The molecule has 0 aliphatic carbocycles. The average molecular weight is 280 g/mol. The standard InChI is InChI=1S/C15H24N2O3/c1-5-6-13(15(19)20)17-10-12(7-8-16(3)4)11(2)9-14(17)18/h9-10,13H,5-8H2,1-4H3,(H,19,20). The fourth-order valence-electron chi connectivity index (χ4n) is 2.19. The van der Waals surface area contributed by atoms with Gasteiger partial charge < -0.3 is 14.6 Å². The zero-order chi connectivity index (χ0) is 15.3. The van der Waals surface area contributed by atoms with E-state index in [-0.39, 0.29) is 5.56 Å². The first-order valence-electron chi connectivity index (χ1n) is 6.96. The molecule has 0 radical (unpaired) electrons. The SMILES string of the molecule is CCCC(C(=O)O)n1cc(CCN(C)C)c(C)cc1=O. The Hall–Kier alpha value is -1.62. The predicted octanol–water partition coefficient (Wildman–Crippen LogP) is 1.69. The van der Waals surface area contributed by atoms with Gasteiger partial charge in [-0.25, -0.2) is 4.79 Å². The van der Waals surface area contributed by atoms with Gasteiger partial charge in [0, 0.05) is 18.8 Å². The van der Waals surface area contributed by atoms with E-state index in [0.29, 0.717) is 6.42 Å². The zero-order valence-corrected chi connectivity index (χ0v) is 12.7. The van der Waals surface area contributed by atoms with Crippen molar-refractivity contribution < 1.29 is 9.90 Å². The van der Waals surface area contributed by atoms with Crippen LogP contribution in [0.2, 0.25) is 0 Å². The molecule has 1 unspecified atom stereocenters. The molecule has 1 atom stereocenters. The van der Waals surface area contributed by atoms with Gasteiger partial charge >= 0.3 is 5.97 Å². The number of likely N-dealkylation sites (N-methyl/N-ethyl adjacent to an activating group) is 1. The molecule has 0 aliphatic heterocycles. The number of hydrogen-bond donors (Lipinski definition) is 1. The van der Waals surface area contributed by atoms with Crippen LogP contribution >= 0.6 is 0 Å². The van der Waals surface area contributed by atoms with Gasteiger partial charge in [0.2, 0.25) is 0 Å². The van der Waals surface area contributed by atoms with Gasteiger partial charge in [0.25, 0.3) is 5.56 Å². The Kier molecular flexibility index (Phi) is 5.95. The van der Waals surface area contributed by atoms with Gasteiger partial charge in [-0.1, -0.05) is 13.3 Å². The highest BCUT2D eigenvalue weighted by Gasteiger charge is 2.20. The van der Waals surface area contributed by atoms with Crippen molar-refractivity contribution in [3.8, 4) is 0 Å². The lowest BCUT2D eigenvalue weighted by atomic mass is 10.1. The second-order valence-electron chi connectivity index (χ2n) is 5.42. The Morgan fingerprint density at radius 3 is 2.60 bits per heavy atom. The van der Waals surface area contributed by atoms with Gasteiger partial charge in [0.05, 0.1) is 0 Å². The van der Waals surface area contributed by atoms with Crippen LogP contribution in [0.1, 0.15) is 36.9 Å². The lowest BCUT2D eigenvalue weighted by molar-refractivity contribution is -0.141. The monoisotopic (exact) mass is 280 g/mol. The van der Waals surface area contributed by atoms with Crippen LogP contribution in [0.5, 0.6) is 0 Å². The van der Waals surface area contributed by atoms with Crippen LogP contribution in [0.15, 0.2) is 17.1 Å². The van der Waals surface area contributed by atoms with Crippen LogP contribution in [0.25, 0.3) is 0 Å². The van der Waals surface area contributed by atoms with Crippen molar-refractivity contribution in [2.45, 2.75) is 39.2 Å². The minimum Gasteiger partial charge on any atom is -0.480 e. The highest BCUT2D eigenvalue weighted by molar-refractivity contribution is 5.71. The molecular weight excluding hydrogens is 256 g/mol. The number of aliphatic carboxylic acids is 1. The molecule has 1 aromatic rings. The molecule has 1 aromatic heterocycles. The number of carboxylic acid groups (broad SMARTS) is 1. The molecule has 0 amide bonds. The number of nitrogens with zero attached hydrogens (tertiary/aromatic N) is 2. The van der Waals surface area contributed by atoms with Gasteiger partial charge in [0.1, 0.15) is 6.04 Å². The summed E-state index contributed by atoms with van der Waals surface area (Å²) in [4.78, 5) is 25.4. The van der Waals surface area contributed by atoms with Gasteiger partial charge in [-0.3, -0.25) is 4.79 Å². The van der Waals surface area contributed by atoms with Crippen LogP contribution in [0.3, 0.4) is 0 Å². The first-order valence-corrected chi connectivity index (χ1v) is 6.96. The molecule has 1 rings (SSSR count). The Morgan fingerprint density at radius 1 is 1.45 bits per heavy atom. The Morgan fingerprint density at radius 2 is 2.10 bits per heavy atom. The normalized spacial score (nSPS) is 12.7. The van der Waals surface area contributed by atoms with Crippen molar-refractivity contribution >= 4 is 5.97 Å². The molecule has 5 nitrogen and oxygen atoms in total. The van der Waals surface area contributed by atoms with Crippen molar-refractivity contribution in [2.75, 3.05) is 20.6 Å². The summed E-state index contributed by atoms with van der Waals surface area (Å²) in [7, 11) is 3.98. The van der Waals surface area contributed by atoms with E-state index in [0.717, 1.165) is 30.5 Å². The summed E-state index contributed by atoms with van der Waals surface area (Å²) >= 11 is 0. The molecular formula is C15H24N2O3. The number of rotatable bonds is 7. The smallest absolute Gasteiger partial charge is 0.326 e. The quantitative estimate of drug-likeness (QED) is 0.825. The molecule has 0 aromatic carbocycles. The third kappa shape index (κ3) is 4.20. The van der Waals surface area contributed by atoms with Crippen molar-refractivity contribution in [2.24, 2.45) is 0 Å². The highest BCUT2D eigenvalue weighted by Crippen LogP contribution is 2.15. The Bertz CT molecular complexity index is 520. The first kappa shape index (κ1) is 16.4. The number of aromatic nitrogens is 1. The Labute approximate surface area is 119 Å². The summed E-state index contributed by atoms with van der Waals surface area (Å²) in [6, 6.07) is 0.766. The summed E-state index contributed by atoms with van der Waals surface area (Å²) in [6.45, 7) is 4.68. The number of aryl methyl sites for hydroxylation is 1. The highest BCUT2D eigenvalue weighted by atomic mass is 16.4. The van der Waals surface area contributed by atoms with Crippen LogP contribution in [0.4, 0.5) is 0 Å². The lowest BCUT2D eigenvalue weighted by Crippen LogP contribution is -2.30. The van der Waals surface area contributed by atoms with Gasteiger partial charge in [0.15, 0.2) is 0 Å². The zero-order valence-electron chi connectivity index (χ0n) is 12.7. The summed E-state index contributed by atoms with van der Waals surface area (Å²) in [5, 5.41) is 9.29. The minimum absolute atomic E-state index is 0.239. The van der Waals surface area contributed by atoms with Gasteiger partial charge in [-0.15, -0.1) is 0 Å². The molecule has 0 bridgehead atoms. The molecule has 0 spiro atoms. The van der Waals surface area contributed by atoms with E-state index in [2.05, 4.69) is 4.90 Å². The van der Waals surface area contributed by atoms with E-state index < -0.39 is 12.0 Å². The third-order valence-electron chi connectivity index (χ3n) is 3.41. The van der Waals surface area contributed by atoms with Gasteiger partial charge in [-0.05, 0) is 45.0 Å². The minimum atomic E-state index is -0.948. The second kappa shape index (κ2) is 7.24. The Balaban J connectivity index is 3.15. The molecule has 0 fully saturated rings. The average Bonchev–Trinajstić information content (AvgIpc) is 2.35. The fraction of sp³-hybridized carbons (Fsp3) is 0.600. The number of pyridine rings is 1. The summed E-state index contributed by atoms with van der Waals surface area (Å²) in [5.41, 5.74) is 1.71. The molecule has 0 saturated heterocycles. The van der Waals surface area contributed by atoms with E-state index in [9.17, 15) is 14.7 Å². The van der Waals surface area contributed by atoms with Gasteiger partial charge in [-0.2, -0.15) is 0 Å². The van der Waals surface area contributed by atoms with E-state index >= 15 is 0 Å². The fourth-order valence-corrected chi connectivity index (χ4v) is 2.19. The molecule has 20 heavy (non-hydrogen) atoms. The number of carbonyl (C=O) groups is 1. The lowest BCUT2D eigenvalue weighted by Gasteiger charge is -2.18. The molecule has 1 N–H and O–H groups in total. The van der Waals surface area contributed by atoms with Crippen molar-refractivity contribution in [1.29, 1.82) is 0 Å². The largest absolute Gasteiger partial charge is 0.480 e. The molecule has 112 valence electrons. The summed E-state index contributed by atoms with van der Waals surface area (Å²) in [6.07, 6.45) is 3.71. The van der Waals surface area contributed by atoms with Crippen molar-refractivity contribution in [3.63, 3.8) is 0 Å². The van der Waals surface area contributed by atoms with E-state index in [1.165, 1.54) is 10.6 Å². The maximum atomic E-state index is 12.0. The number of hydrogen-bond acceptors (Lipinski definition) is 3. The van der Waals surface area contributed by atoms with E-state index in [4.69, 9.17) is 0 Å². The maximum absolute atomic E-state index is 12.0. The predicted molar refractivity (Wildman–Crippen MR) is 79.3 cm³/mol. The maximum Gasteiger partial charge on any atom is 0.326 e. The topological polar surface area (TPSA) is 62.5 Å². The summed E-state index contributed by atoms with van der Waals surface area (Å²) < 4.78 is 1.36. The second-order valence-corrected chi connectivity index (χ2v) is 5.42.